The number of fused-ring (bicyclic) bond motifs is 1. The standard InChI is InChI=1S/C40H30N2O5S/c43-32-23-21-31(22-24-32)42-39(29-16-8-3-9-17-29)37(27-12-4-1-5-13-27)34-25-20-30(26-36(34)48(42,46)47)38(28-14-6-2-7-15-28)41-40(45)33-18-10-11-19-35(33)44/h1-26,38,43-44H,(H,41,45). The molecule has 0 aromatic heterocycles. The second-order valence-corrected chi connectivity index (χ2v) is 13.1. The highest BCUT2D eigenvalue weighted by atomic mass is 32.2. The molecular weight excluding hydrogens is 621 g/mol. The van der Waals surface area contributed by atoms with Gasteiger partial charge in [0, 0.05) is 11.1 Å². The number of anilines is 1. The maximum atomic E-state index is 15.0. The third kappa shape index (κ3) is 5.59. The van der Waals surface area contributed by atoms with Gasteiger partial charge in [-0.05, 0) is 64.7 Å². The molecule has 6 aromatic carbocycles. The fourth-order valence-corrected chi connectivity index (χ4v) is 7.84. The Labute approximate surface area is 278 Å². The number of carbonyl (C=O) groups excluding carboxylic acids is 1. The smallest absolute Gasteiger partial charge is 0.269 e. The topological polar surface area (TPSA) is 107 Å². The van der Waals surface area contributed by atoms with Crippen molar-refractivity contribution in [3.63, 3.8) is 0 Å². The number of para-hydroxylation sites is 1. The molecule has 0 aliphatic carbocycles. The Bertz CT molecular complexity index is 2250. The summed E-state index contributed by atoms with van der Waals surface area (Å²) in [6, 6.07) is 45.1. The van der Waals surface area contributed by atoms with E-state index in [1.165, 1.54) is 28.6 Å². The molecular formula is C40H30N2O5S. The molecule has 0 fully saturated rings. The van der Waals surface area contributed by atoms with E-state index in [0.29, 0.717) is 33.6 Å². The second kappa shape index (κ2) is 12.6. The number of benzene rings is 6. The number of nitrogens with zero attached hydrogens (tertiary/aromatic N) is 1. The van der Waals surface area contributed by atoms with E-state index in [0.717, 1.165) is 11.1 Å². The van der Waals surface area contributed by atoms with Crippen LogP contribution in [0, 0.1) is 0 Å². The van der Waals surface area contributed by atoms with Gasteiger partial charge < -0.3 is 15.5 Å². The third-order valence-corrected chi connectivity index (χ3v) is 10.1. The number of sulfonamides is 1. The quantitative estimate of drug-likeness (QED) is 0.164. The summed E-state index contributed by atoms with van der Waals surface area (Å²) in [6.07, 6.45) is 0. The number of nitrogens with one attached hydrogen (secondary N) is 1. The Kier molecular flexibility index (Phi) is 8.00. The molecule has 8 heteroatoms. The van der Waals surface area contributed by atoms with E-state index in [2.05, 4.69) is 5.32 Å². The highest BCUT2D eigenvalue weighted by Crippen LogP contribution is 2.47. The molecule has 0 saturated carbocycles. The molecule has 3 N–H and O–H groups in total. The minimum absolute atomic E-state index is 0.00950. The Morgan fingerprint density at radius 1 is 0.625 bits per heavy atom. The predicted molar refractivity (Wildman–Crippen MR) is 187 cm³/mol. The lowest BCUT2D eigenvalue weighted by Gasteiger charge is -2.35. The lowest BCUT2D eigenvalue weighted by atomic mass is 9.90. The Morgan fingerprint density at radius 2 is 1.21 bits per heavy atom. The number of phenolic OH excluding ortho intramolecular Hbond substituents is 2. The first-order chi connectivity index (χ1) is 23.3. The van der Waals surface area contributed by atoms with Crippen molar-refractivity contribution < 1.29 is 23.4 Å². The summed E-state index contributed by atoms with van der Waals surface area (Å²) in [4.78, 5) is 13.6. The summed E-state index contributed by atoms with van der Waals surface area (Å²) in [5.41, 5.74) is 4.92. The van der Waals surface area contributed by atoms with E-state index in [4.69, 9.17) is 0 Å². The van der Waals surface area contributed by atoms with Crippen LogP contribution in [0.15, 0.2) is 163 Å². The zero-order valence-electron chi connectivity index (χ0n) is 25.6. The molecule has 0 spiro atoms. The molecule has 1 amide bonds. The van der Waals surface area contributed by atoms with E-state index in [9.17, 15) is 23.4 Å². The van der Waals surface area contributed by atoms with Gasteiger partial charge in [0.25, 0.3) is 15.9 Å². The molecule has 7 nitrogen and oxygen atoms in total. The number of aromatic hydroxyl groups is 2. The van der Waals surface area contributed by atoms with Crippen LogP contribution in [0.25, 0.3) is 11.3 Å². The molecule has 1 heterocycles. The molecule has 1 unspecified atom stereocenters. The second-order valence-electron chi connectivity index (χ2n) is 11.3. The van der Waals surface area contributed by atoms with Gasteiger partial charge in [0.15, 0.2) is 0 Å². The number of rotatable bonds is 7. The average Bonchev–Trinajstić information content (AvgIpc) is 3.12. The van der Waals surface area contributed by atoms with Crippen LogP contribution in [0.2, 0.25) is 0 Å². The number of hydrogen-bond acceptors (Lipinski definition) is 5. The zero-order valence-corrected chi connectivity index (χ0v) is 26.4. The summed E-state index contributed by atoms with van der Waals surface area (Å²) in [6.45, 7) is 0. The van der Waals surface area contributed by atoms with Crippen LogP contribution in [-0.2, 0) is 10.0 Å². The summed E-state index contributed by atoms with van der Waals surface area (Å²) in [7, 11) is -4.27. The lowest BCUT2D eigenvalue weighted by molar-refractivity contribution is 0.0940. The predicted octanol–water partition coefficient (Wildman–Crippen LogP) is 7.74. The number of hydrogen-bond donors (Lipinski definition) is 3. The number of phenols is 2. The molecule has 0 saturated heterocycles. The molecule has 236 valence electrons. The minimum atomic E-state index is -4.27. The largest absolute Gasteiger partial charge is 0.508 e. The average molecular weight is 651 g/mol. The van der Waals surface area contributed by atoms with Crippen molar-refractivity contribution in [2.75, 3.05) is 4.31 Å². The van der Waals surface area contributed by atoms with Crippen molar-refractivity contribution in [1.82, 2.24) is 5.32 Å². The van der Waals surface area contributed by atoms with Crippen molar-refractivity contribution in [2.24, 2.45) is 0 Å². The third-order valence-electron chi connectivity index (χ3n) is 8.32. The van der Waals surface area contributed by atoms with Gasteiger partial charge in [-0.15, -0.1) is 0 Å². The highest BCUT2D eigenvalue weighted by molar-refractivity contribution is 7.93. The maximum Gasteiger partial charge on any atom is 0.269 e. The van der Waals surface area contributed by atoms with Crippen LogP contribution in [0.4, 0.5) is 5.69 Å². The van der Waals surface area contributed by atoms with Crippen LogP contribution < -0.4 is 9.62 Å². The monoisotopic (exact) mass is 650 g/mol. The van der Waals surface area contributed by atoms with Gasteiger partial charge in [0.1, 0.15) is 11.5 Å². The van der Waals surface area contributed by atoms with E-state index in [1.54, 1.807) is 36.4 Å². The SMILES string of the molecule is O=C(NC(c1ccccc1)c1ccc2c(c1)S(=O)(=O)N(c1ccc(O)cc1)C(c1ccccc1)=C2c1ccccc1)c1ccccc1O. The molecule has 1 aliphatic rings. The van der Waals surface area contributed by atoms with Gasteiger partial charge >= 0.3 is 0 Å². The minimum Gasteiger partial charge on any atom is -0.508 e. The zero-order chi connectivity index (χ0) is 33.3. The molecule has 0 bridgehead atoms. The summed E-state index contributed by atoms with van der Waals surface area (Å²) in [5.74, 6) is -0.662. The van der Waals surface area contributed by atoms with E-state index in [-0.39, 0.29) is 22.0 Å². The maximum absolute atomic E-state index is 15.0. The molecule has 48 heavy (non-hydrogen) atoms. The van der Waals surface area contributed by atoms with E-state index < -0.39 is 22.0 Å². The van der Waals surface area contributed by atoms with Gasteiger partial charge in [0.05, 0.1) is 27.9 Å². The highest BCUT2D eigenvalue weighted by Gasteiger charge is 2.39. The number of amides is 1. The van der Waals surface area contributed by atoms with Gasteiger partial charge in [0.2, 0.25) is 0 Å². The Morgan fingerprint density at radius 3 is 1.85 bits per heavy atom. The molecule has 7 rings (SSSR count). The van der Waals surface area contributed by atoms with E-state index >= 15 is 0 Å². The molecule has 1 aliphatic heterocycles. The molecule has 0 radical (unpaired) electrons. The van der Waals surface area contributed by atoms with Crippen LogP contribution in [0.5, 0.6) is 11.5 Å². The van der Waals surface area contributed by atoms with Crippen LogP contribution >= 0.6 is 0 Å². The first-order valence-corrected chi connectivity index (χ1v) is 16.7. The first kappa shape index (κ1) is 30.5. The van der Waals surface area contributed by atoms with Crippen molar-refractivity contribution in [3.05, 3.63) is 191 Å². The summed E-state index contributed by atoms with van der Waals surface area (Å²) in [5, 5.41) is 23.5. The summed E-state index contributed by atoms with van der Waals surface area (Å²) < 4.78 is 31.2. The number of carbonyl (C=O) groups is 1. The summed E-state index contributed by atoms with van der Waals surface area (Å²) >= 11 is 0. The molecule has 1 atom stereocenters. The fraction of sp³-hybridized carbons (Fsp3) is 0.0250. The lowest BCUT2D eigenvalue weighted by Crippen LogP contribution is -2.35. The first-order valence-electron chi connectivity index (χ1n) is 15.3. The van der Waals surface area contributed by atoms with Crippen molar-refractivity contribution in [3.8, 4) is 11.5 Å². The van der Waals surface area contributed by atoms with Crippen LogP contribution in [0.3, 0.4) is 0 Å². The van der Waals surface area contributed by atoms with Crippen LogP contribution in [-0.4, -0.2) is 24.5 Å². The van der Waals surface area contributed by atoms with Crippen LogP contribution in [0.1, 0.15) is 44.2 Å². The fourth-order valence-electron chi connectivity index (χ4n) is 6.08. The van der Waals surface area contributed by atoms with Gasteiger partial charge in [-0.3, -0.25) is 4.79 Å². The van der Waals surface area contributed by atoms with Gasteiger partial charge in [-0.2, -0.15) is 0 Å². The van der Waals surface area contributed by atoms with Crippen molar-refractivity contribution in [1.29, 1.82) is 0 Å². The molecule has 6 aromatic rings. The van der Waals surface area contributed by atoms with Crippen molar-refractivity contribution >= 4 is 32.9 Å². The Hall–Kier alpha value is -6.12. The van der Waals surface area contributed by atoms with E-state index in [1.807, 2.05) is 97.1 Å². The van der Waals surface area contributed by atoms with Gasteiger partial charge in [-0.1, -0.05) is 115 Å². The van der Waals surface area contributed by atoms with Gasteiger partial charge in [-0.25, -0.2) is 12.7 Å². The normalized spacial score (nSPS) is 14.2. The Balaban J connectivity index is 1.48. The van der Waals surface area contributed by atoms with Crippen molar-refractivity contribution in [2.45, 2.75) is 10.9 Å².